The Kier molecular flexibility index (Phi) is 7.92. The standard InChI is InChI=1S/C19H25N3O6/c1-6-26-15(23)19(16(24)27-7-2,22-17(25)28-18(3,4)5)11-13-8-9-21-14(10-13)12-20/h8-10H,6-7,11H2,1-5H3,(H,22,25). The fraction of sp³-hybridized carbons (Fsp3) is 0.526. The second-order valence-electron chi connectivity index (χ2n) is 6.81. The van der Waals surface area contributed by atoms with Crippen LogP contribution in [0.5, 0.6) is 0 Å². The number of pyridine rings is 1. The van der Waals surface area contributed by atoms with E-state index in [4.69, 9.17) is 19.5 Å². The molecule has 0 aliphatic heterocycles. The summed E-state index contributed by atoms with van der Waals surface area (Å²) >= 11 is 0. The van der Waals surface area contributed by atoms with E-state index >= 15 is 0 Å². The van der Waals surface area contributed by atoms with Crippen LogP contribution in [-0.4, -0.2) is 47.4 Å². The molecular formula is C19H25N3O6. The minimum absolute atomic E-state index is 0.0181. The van der Waals surface area contributed by atoms with Gasteiger partial charge in [-0.1, -0.05) is 0 Å². The lowest BCUT2D eigenvalue weighted by Crippen LogP contribution is -2.63. The number of alkyl carbamates (subject to hydrolysis) is 1. The highest BCUT2D eigenvalue weighted by Crippen LogP contribution is 2.20. The Labute approximate surface area is 164 Å². The van der Waals surface area contributed by atoms with Crippen molar-refractivity contribution in [2.45, 2.75) is 52.2 Å². The number of aromatic nitrogens is 1. The van der Waals surface area contributed by atoms with Crippen LogP contribution in [0.3, 0.4) is 0 Å². The van der Waals surface area contributed by atoms with Crippen LogP contribution in [0.2, 0.25) is 0 Å². The molecule has 0 saturated carbocycles. The summed E-state index contributed by atoms with van der Waals surface area (Å²) in [7, 11) is 0. The molecule has 1 heterocycles. The van der Waals surface area contributed by atoms with Crippen molar-refractivity contribution >= 4 is 18.0 Å². The van der Waals surface area contributed by atoms with Crippen LogP contribution < -0.4 is 5.32 Å². The highest BCUT2D eigenvalue weighted by molar-refractivity contribution is 6.07. The summed E-state index contributed by atoms with van der Waals surface area (Å²) in [6, 6.07) is 4.80. The first kappa shape index (κ1) is 22.9. The molecule has 0 saturated heterocycles. The summed E-state index contributed by atoms with van der Waals surface area (Å²) in [5, 5.41) is 11.4. The number of carbonyl (C=O) groups is 3. The van der Waals surface area contributed by atoms with Crippen LogP contribution in [0.15, 0.2) is 18.3 Å². The van der Waals surface area contributed by atoms with Crippen LogP contribution in [-0.2, 0) is 30.2 Å². The molecule has 0 atom stereocenters. The third-order valence-electron chi connectivity index (χ3n) is 3.37. The van der Waals surface area contributed by atoms with Crippen molar-refractivity contribution < 1.29 is 28.6 Å². The van der Waals surface area contributed by atoms with E-state index in [2.05, 4.69) is 10.3 Å². The minimum Gasteiger partial charge on any atom is -0.464 e. The molecule has 1 amide bonds. The lowest BCUT2D eigenvalue weighted by molar-refractivity contribution is -0.166. The second kappa shape index (κ2) is 9.69. The van der Waals surface area contributed by atoms with Crippen LogP contribution in [0.25, 0.3) is 0 Å². The smallest absolute Gasteiger partial charge is 0.409 e. The summed E-state index contributed by atoms with van der Waals surface area (Å²) in [6.45, 7) is 8.04. The minimum atomic E-state index is -2.18. The first-order valence-corrected chi connectivity index (χ1v) is 8.78. The predicted molar refractivity (Wildman–Crippen MR) is 98.0 cm³/mol. The van der Waals surface area contributed by atoms with Gasteiger partial charge in [0.2, 0.25) is 5.54 Å². The normalized spacial score (nSPS) is 11.1. The number of amides is 1. The maximum atomic E-state index is 12.8. The number of nitrogens with one attached hydrogen (secondary N) is 1. The fourth-order valence-electron chi connectivity index (χ4n) is 2.31. The van der Waals surface area contributed by atoms with Crippen molar-refractivity contribution in [3.05, 3.63) is 29.6 Å². The van der Waals surface area contributed by atoms with Gasteiger partial charge in [0, 0.05) is 12.6 Å². The number of hydrogen-bond acceptors (Lipinski definition) is 8. The van der Waals surface area contributed by atoms with Gasteiger partial charge in [0.25, 0.3) is 0 Å². The van der Waals surface area contributed by atoms with E-state index in [0.29, 0.717) is 5.56 Å². The van der Waals surface area contributed by atoms with Gasteiger partial charge in [-0.05, 0) is 52.3 Å². The summed E-state index contributed by atoms with van der Waals surface area (Å²) in [6.07, 6.45) is 0.0759. The van der Waals surface area contributed by atoms with Crippen molar-refractivity contribution in [2.24, 2.45) is 0 Å². The Morgan fingerprint density at radius 1 is 1.14 bits per heavy atom. The van der Waals surface area contributed by atoms with E-state index in [-0.39, 0.29) is 25.3 Å². The van der Waals surface area contributed by atoms with Gasteiger partial charge in [-0.15, -0.1) is 0 Å². The molecule has 28 heavy (non-hydrogen) atoms. The van der Waals surface area contributed by atoms with Crippen molar-refractivity contribution in [1.29, 1.82) is 5.26 Å². The number of nitriles is 1. The molecule has 0 fully saturated rings. The summed E-state index contributed by atoms with van der Waals surface area (Å²) < 4.78 is 15.3. The van der Waals surface area contributed by atoms with E-state index in [1.54, 1.807) is 34.6 Å². The third-order valence-corrected chi connectivity index (χ3v) is 3.37. The van der Waals surface area contributed by atoms with E-state index in [0.717, 1.165) is 0 Å². The SMILES string of the molecule is CCOC(=O)C(Cc1ccnc(C#N)c1)(NC(=O)OC(C)(C)C)C(=O)OCC. The monoisotopic (exact) mass is 391 g/mol. The van der Waals surface area contributed by atoms with Crippen LogP contribution in [0.4, 0.5) is 4.79 Å². The molecule has 1 rings (SSSR count). The van der Waals surface area contributed by atoms with Gasteiger partial charge in [-0.2, -0.15) is 5.26 Å². The van der Waals surface area contributed by atoms with Gasteiger partial charge in [0.05, 0.1) is 13.2 Å². The zero-order valence-electron chi connectivity index (χ0n) is 16.7. The maximum absolute atomic E-state index is 12.8. The third kappa shape index (κ3) is 6.23. The van der Waals surface area contributed by atoms with Gasteiger partial charge in [-0.3, -0.25) is 5.32 Å². The van der Waals surface area contributed by atoms with E-state index in [9.17, 15) is 14.4 Å². The van der Waals surface area contributed by atoms with Crippen molar-refractivity contribution in [2.75, 3.05) is 13.2 Å². The molecule has 0 unspecified atom stereocenters. The molecule has 1 aromatic heterocycles. The van der Waals surface area contributed by atoms with E-state index < -0.39 is 29.2 Å². The lowest BCUT2D eigenvalue weighted by Gasteiger charge is -2.31. The first-order chi connectivity index (χ1) is 13.1. The molecule has 0 spiro atoms. The van der Waals surface area contributed by atoms with E-state index in [1.165, 1.54) is 18.3 Å². The highest BCUT2D eigenvalue weighted by Gasteiger charge is 2.51. The van der Waals surface area contributed by atoms with Gasteiger partial charge in [0.15, 0.2) is 0 Å². The Morgan fingerprint density at radius 2 is 1.71 bits per heavy atom. The Balaban J connectivity index is 3.41. The maximum Gasteiger partial charge on any atom is 0.409 e. The highest BCUT2D eigenvalue weighted by atomic mass is 16.6. The second-order valence-corrected chi connectivity index (χ2v) is 6.81. The molecule has 0 aromatic carbocycles. The average molecular weight is 391 g/mol. The quantitative estimate of drug-likeness (QED) is 0.424. The average Bonchev–Trinajstić information content (AvgIpc) is 2.60. The number of esters is 2. The molecule has 1 aromatic rings. The lowest BCUT2D eigenvalue weighted by atomic mass is 9.90. The molecule has 1 N–H and O–H groups in total. The van der Waals surface area contributed by atoms with Gasteiger partial charge < -0.3 is 14.2 Å². The number of nitrogens with zero attached hydrogens (tertiary/aromatic N) is 2. The fourth-order valence-corrected chi connectivity index (χ4v) is 2.31. The molecule has 9 heteroatoms. The van der Waals surface area contributed by atoms with Crippen LogP contribution in [0.1, 0.15) is 45.9 Å². The van der Waals surface area contributed by atoms with Gasteiger partial charge >= 0.3 is 18.0 Å². The Bertz CT molecular complexity index is 746. The zero-order valence-corrected chi connectivity index (χ0v) is 16.7. The topological polar surface area (TPSA) is 128 Å². The molecular weight excluding hydrogens is 366 g/mol. The molecule has 0 aliphatic carbocycles. The van der Waals surface area contributed by atoms with Crippen molar-refractivity contribution in [3.8, 4) is 6.07 Å². The molecule has 0 radical (unpaired) electrons. The van der Waals surface area contributed by atoms with Crippen LogP contribution in [0, 0.1) is 11.3 Å². The zero-order chi connectivity index (χ0) is 21.4. The number of ether oxygens (including phenoxy) is 3. The van der Waals surface area contributed by atoms with Crippen molar-refractivity contribution in [1.82, 2.24) is 10.3 Å². The number of rotatable bonds is 7. The molecule has 0 aliphatic rings. The summed E-state index contributed by atoms with van der Waals surface area (Å²) in [4.78, 5) is 41.8. The Morgan fingerprint density at radius 3 is 2.18 bits per heavy atom. The summed E-state index contributed by atoms with van der Waals surface area (Å²) in [5.41, 5.74) is -2.54. The molecule has 0 bridgehead atoms. The number of carbonyl (C=O) groups excluding carboxylic acids is 3. The largest absolute Gasteiger partial charge is 0.464 e. The number of hydrogen-bond donors (Lipinski definition) is 1. The first-order valence-electron chi connectivity index (χ1n) is 8.78. The van der Waals surface area contributed by atoms with Gasteiger partial charge in [-0.25, -0.2) is 19.4 Å². The van der Waals surface area contributed by atoms with E-state index in [1.807, 2.05) is 6.07 Å². The van der Waals surface area contributed by atoms with Gasteiger partial charge in [0.1, 0.15) is 17.4 Å². The van der Waals surface area contributed by atoms with Crippen LogP contribution >= 0.6 is 0 Å². The summed E-state index contributed by atoms with van der Waals surface area (Å²) in [5.74, 6) is -1.98. The molecule has 9 nitrogen and oxygen atoms in total. The molecule has 152 valence electrons. The Hall–Kier alpha value is -3.15. The van der Waals surface area contributed by atoms with Crippen molar-refractivity contribution in [3.63, 3.8) is 0 Å². The predicted octanol–water partition coefficient (Wildman–Crippen LogP) is 1.89.